The quantitative estimate of drug-likeness (QED) is 0.624. The van der Waals surface area contributed by atoms with Gasteiger partial charge in [-0.15, -0.1) is 0 Å². The van der Waals surface area contributed by atoms with Gasteiger partial charge in [-0.1, -0.05) is 13.8 Å². The molecule has 1 aliphatic heterocycles. The Labute approximate surface area is 118 Å². The van der Waals surface area contributed by atoms with E-state index in [1.54, 1.807) is 24.1 Å². The first-order valence-electron chi connectivity index (χ1n) is 6.60. The van der Waals surface area contributed by atoms with Gasteiger partial charge in [0.15, 0.2) is 0 Å². The van der Waals surface area contributed by atoms with Crippen LogP contribution >= 0.6 is 0 Å². The van der Waals surface area contributed by atoms with Crippen molar-refractivity contribution in [3.8, 4) is 5.75 Å². The van der Waals surface area contributed by atoms with E-state index in [0.29, 0.717) is 0 Å². The van der Waals surface area contributed by atoms with Gasteiger partial charge >= 0.3 is 5.97 Å². The van der Waals surface area contributed by atoms with E-state index in [-0.39, 0.29) is 17.9 Å². The number of methoxy groups -OCH3 is 1. The zero-order chi connectivity index (χ0) is 14.9. The summed E-state index contributed by atoms with van der Waals surface area (Å²) in [4.78, 5) is 24.9. The lowest BCUT2D eigenvalue weighted by molar-refractivity contribution is -0.161. The average Bonchev–Trinajstić information content (AvgIpc) is 2.41. The zero-order valence-corrected chi connectivity index (χ0v) is 12.1. The number of ether oxygens (including phenoxy) is 2. The molecule has 0 N–H and O–H groups in total. The van der Waals surface area contributed by atoms with Crippen LogP contribution < -0.4 is 9.64 Å². The SMILES string of the molecule is COc1ccc(N2C(=O)[C@@H](OC(C)=O)[C@H]2C(C)C)cc1. The number of anilines is 1. The monoisotopic (exact) mass is 277 g/mol. The van der Waals surface area contributed by atoms with Crippen LogP contribution in [0.1, 0.15) is 20.8 Å². The van der Waals surface area contributed by atoms with Crippen molar-refractivity contribution in [2.45, 2.75) is 32.9 Å². The molecule has 108 valence electrons. The Balaban J connectivity index is 2.22. The molecule has 5 heteroatoms. The number of hydrogen-bond donors (Lipinski definition) is 0. The summed E-state index contributed by atoms with van der Waals surface area (Å²) in [6, 6.07) is 7.14. The topological polar surface area (TPSA) is 55.8 Å². The van der Waals surface area contributed by atoms with Crippen molar-refractivity contribution in [1.29, 1.82) is 0 Å². The van der Waals surface area contributed by atoms with Crippen LogP contribution in [-0.2, 0) is 14.3 Å². The molecule has 5 nitrogen and oxygen atoms in total. The minimum Gasteiger partial charge on any atom is -0.497 e. The highest BCUT2D eigenvalue weighted by Crippen LogP contribution is 2.35. The van der Waals surface area contributed by atoms with Crippen LogP contribution in [0.3, 0.4) is 0 Å². The van der Waals surface area contributed by atoms with Crippen molar-refractivity contribution in [2.75, 3.05) is 12.0 Å². The Bertz CT molecular complexity index is 509. The van der Waals surface area contributed by atoms with Gasteiger partial charge in [0, 0.05) is 12.6 Å². The van der Waals surface area contributed by atoms with Gasteiger partial charge in [-0.25, -0.2) is 0 Å². The van der Waals surface area contributed by atoms with Crippen molar-refractivity contribution in [2.24, 2.45) is 5.92 Å². The number of carbonyl (C=O) groups is 2. The molecular weight excluding hydrogens is 258 g/mol. The Morgan fingerprint density at radius 1 is 1.25 bits per heavy atom. The number of hydrogen-bond acceptors (Lipinski definition) is 4. The van der Waals surface area contributed by atoms with E-state index in [2.05, 4.69) is 0 Å². The zero-order valence-electron chi connectivity index (χ0n) is 12.1. The van der Waals surface area contributed by atoms with Gasteiger partial charge in [-0.2, -0.15) is 0 Å². The fourth-order valence-corrected chi connectivity index (χ4v) is 2.47. The molecule has 0 radical (unpaired) electrons. The number of esters is 1. The standard InChI is InChI=1S/C15H19NO4/c1-9(2)13-14(20-10(3)17)15(18)16(13)11-5-7-12(19-4)8-6-11/h5-9,13-14H,1-4H3/t13-,14+/m1/s1. The average molecular weight is 277 g/mol. The maximum atomic E-state index is 12.2. The van der Waals surface area contributed by atoms with Gasteiger partial charge in [-0.05, 0) is 30.2 Å². The molecule has 2 rings (SSSR count). The summed E-state index contributed by atoms with van der Waals surface area (Å²) in [6.45, 7) is 5.33. The Hall–Kier alpha value is -2.04. The Morgan fingerprint density at radius 3 is 2.30 bits per heavy atom. The van der Waals surface area contributed by atoms with Gasteiger partial charge < -0.3 is 14.4 Å². The van der Waals surface area contributed by atoms with Gasteiger partial charge in [-0.3, -0.25) is 9.59 Å². The highest BCUT2D eigenvalue weighted by atomic mass is 16.6. The van der Waals surface area contributed by atoms with Crippen molar-refractivity contribution in [3.05, 3.63) is 24.3 Å². The van der Waals surface area contributed by atoms with Crippen LogP contribution in [0.2, 0.25) is 0 Å². The molecule has 0 aliphatic carbocycles. The summed E-state index contributed by atoms with van der Waals surface area (Å²) >= 11 is 0. The molecule has 0 bridgehead atoms. The normalized spacial score (nSPS) is 21.6. The lowest BCUT2D eigenvalue weighted by Crippen LogP contribution is -2.68. The fraction of sp³-hybridized carbons (Fsp3) is 0.467. The van der Waals surface area contributed by atoms with E-state index < -0.39 is 12.1 Å². The molecule has 0 spiro atoms. The lowest BCUT2D eigenvalue weighted by atomic mass is 9.87. The number of carbonyl (C=O) groups excluding carboxylic acids is 2. The van der Waals surface area contributed by atoms with Crippen molar-refractivity contribution >= 4 is 17.6 Å². The largest absolute Gasteiger partial charge is 0.497 e. The first-order valence-corrected chi connectivity index (χ1v) is 6.60. The summed E-state index contributed by atoms with van der Waals surface area (Å²) in [6.07, 6.45) is -0.672. The molecule has 0 saturated carbocycles. The van der Waals surface area contributed by atoms with Crippen LogP contribution in [0.15, 0.2) is 24.3 Å². The summed E-state index contributed by atoms with van der Waals surface area (Å²) in [5, 5.41) is 0. The molecule has 1 amide bonds. The number of β-lactam (4-membered cyclic amide) rings is 1. The number of amides is 1. The smallest absolute Gasteiger partial charge is 0.303 e. The predicted molar refractivity (Wildman–Crippen MR) is 74.7 cm³/mol. The summed E-state index contributed by atoms with van der Waals surface area (Å²) in [5.74, 6) is 0.325. The van der Waals surface area contributed by atoms with Crippen LogP contribution in [0, 0.1) is 5.92 Å². The minimum absolute atomic E-state index is 0.125. The Kier molecular flexibility index (Phi) is 3.97. The molecule has 0 unspecified atom stereocenters. The molecule has 1 fully saturated rings. The predicted octanol–water partition coefficient (Wildman–Crippen LogP) is 2.00. The highest BCUT2D eigenvalue weighted by molar-refractivity contribution is 6.05. The third-order valence-corrected chi connectivity index (χ3v) is 3.42. The van der Waals surface area contributed by atoms with E-state index in [1.165, 1.54) is 6.92 Å². The van der Waals surface area contributed by atoms with Gasteiger partial charge in [0.1, 0.15) is 5.75 Å². The second-order valence-corrected chi connectivity index (χ2v) is 5.17. The second-order valence-electron chi connectivity index (χ2n) is 5.17. The van der Waals surface area contributed by atoms with Gasteiger partial charge in [0.25, 0.3) is 5.91 Å². The molecule has 2 atom stereocenters. The molecule has 1 aromatic rings. The molecule has 1 aliphatic rings. The Morgan fingerprint density at radius 2 is 1.85 bits per heavy atom. The third-order valence-electron chi connectivity index (χ3n) is 3.42. The first kappa shape index (κ1) is 14.4. The van der Waals surface area contributed by atoms with Crippen molar-refractivity contribution in [1.82, 2.24) is 0 Å². The molecule has 1 aromatic carbocycles. The highest BCUT2D eigenvalue weighted by Gasteiger charge is 2.51. The summed E-state index contributed by atoms with van der Waals surface area (Å²) in [7, 11) is 1.59. The molecule has 1 saturated heterocycles. The number of benzene rings is 1. The molecule has 1 heterocycles. The van der Waals surface area contributed by atoms with Crippen LogP contribution in [0.25, 0.3) is 0 Å². The van der Waals surface area contributed by atoms with Crippen LogP contribution in [0.4, 0.5) is 5.69 Å². The first-order chi connectivity index (χ1) is 9.45. The molecule has 20 heavy (non-hydrogen) atoms. The summed E-state index contributed by atoms with van der Waals surface area (Å²) < 4.78 is 10.2. The minimum atomic E-state index is -0.672. The third kappa shape index (κ3) is 2.48. The summed E-state index contributed by atoms with van der Waals surface area (Å²) in [5.41, 5.74) is 0.790. The van der Waals surface area contributed by atoms with E-state index in [4.69, 9.17) is 9.47 Å². The second kappa shape index (κ2) is 5.53. The van der Waals surface area contributed by atoms with Crippen molar-refractivity contribution < 1.29 is 19.1 Å². The van der Waals surface area contributed by atoms with E-state index in [9.17, 15) is 9.59 Å². The van der Waals surface area contributed by atoms with Crippen LogP contribution in [0.5, 0.6) is 5.75 Å². The fourth-order valence-electron chi connectivity index (χ4n) is 2.47. The maximum Gasteiger partial charge on any atom is 0.303 e. The van der Waals surface area contributed by atoms with E-state index in [0.717, 1.165) is 11.4 Å². The van der Waals surface area contributed by atoms with Gasteiger partial charge in [0.05, 0.1) is 13.2 Å². The molecule has 0 aromatic heterocycles. The number of nitrogens with zero attached hydrogens (tertiary/aromatic N) is 1. The molecular formula is C15H19NO4. The number of rotatable bonds is 4. The van der Waals surface area contributed by atoms with Crippen LogP contribution in [-0.4, -0.2) is 31.1 Å². The van der Waals surface area contributed by atoms with Crippen molar-refractivity contribution in [3.63, 3.8) is 0 Å². The van der Waals surface area contributed by atoms with E-state index >= 15 is 0 Å². The maximum absolute atomic E-state index is 12.2. The van der Waals surface area contributed by atoms with Gasteiger partial charge in [0.2, 0.25) is 6.10 Å². The van der Waals surface area contributed by atoms with E-state index in [1.807, 2.05) is 26.0 Å². The lowest BCUT2D eigenvalue weighted by Gasteiger charge is -2.48.